The summed E-state index contributed by atoms with van der Waals surface area (Å²) in [6, 6.07) is 13.5. The highest BCUT2D eigenvalue weighted by Crippen LogP contribution is 2.29. The zero-order chi connectivity index (χ0) is 29.9. The van der Waals surface area contributed by atoms with Crippen molar-refractivity contribution in [2.24, 2.45) is 0 Å². The van der Waals surface area contributed by atoms with Gasteiger partial charge in [0.15, 0.2) is 11.3 Å². The molecule has 1 aromatic carbocycles. The van der Waals surface area contributed by atoms with Gasteiger partial charge in [0.1, 0.15) is 18.2 Å². The summed E-state index contributed by atoms with van der Waals surface area (Å²) in [7, 11) is 0. The number of imidazole rings is 1. The lowest BCUT2D eigenvalue weighted by Gasteiger charge is -2.31. The van der Waals surface area contributed by atoms with E-state index in [1.165, 1.54) is 10.7 Å². The van der Waals surface area contributed by atoms with Gasteiger partial charge in [-0.25, -0.2) is 19.2 Å². The maximum Gasteiger partial charge on any atom is 0.356 e. The smallest absolute Gasteiger partial charge is 0.356 e. The first kappa shape index (κ1) is 28.0. The van der Waals surface area contributed by atoms with Gasteiger partial charge in [-0.15, -0.1) is 14.8 Å². The summed E-state index contributed by atoms with van der Waals surface area (Å²) in [6.07, 6.45) is 5.39. The summed E-state index contributed by atoms with van der Waals surface area (Å²) in [5.41, 5.74) is 3.13. The van der Waals surface area contributed by atoms with Crippen LogP contribution in [-0.2, 0) is 26.2 Å². The summed E-state index contributed by atoms with van der Waals surface area (Å²) in [5, 5.41) is 27.2. The summed E-state index contributed by atoms with van der Waals surface area (Å²) in [4.78, 5) is 22.8. The number of carbonyl (C=O) groups is 1. The molecule has 0 aliphatic carbocycles. The second-order valence-electron chi connectivity index (χ2n) is 10.5. The van der Waals surface area contributed by atoms with Crippen LogP contribution in [0.3, 0.4) is 0 Å². The van der Waals surface area contributed by atoms with Crippen molar-refractivity contribution in [3.05, 3.63) is 94.8 Å². The first-order chi connectivity index (χ1) is 20.9. The zero-order valence-corrected chi connectivity index (χ0v) is 23.6. The molecular weight excluding hydrogens is 553 g/mol. The van der Waals surface area contributed by atoms with Crippen LogP contribution in [0.5, 0.6) is 5.88 Å². The molecule has 1 aliphatic rings. The number of ether oxygens (including phenoxy) is 1. The number of carboxylic acid groups (broad SMARTS) is 1. The largest absolute Gasteiger partial charge is 0.476 e. The second kappa shape index (κ2) is 12.0. The zero-order valence-electron chi connectivity index (χ0n) is 23.6. The number of piperidine rings is 1. The van der Waals surface area contributed by atoms with E-state index in [0.717, 1.165) is 49.7 Å². The third kappa shape index (κ3) is 5.96. The molecule has 0 unspecified atom stereocenters. The van der Waals surface area contributed by atoms with Crippen LogP contribution in [0.1, 0.15) is 64.5 Å². The Kier molecular flexibility index (Phi) is 7.84. The molecule has 12 nitrogen and oxygen atoms in total. The molecule has 43 heavy (non-hydrogen) atoms. The van der Waals surface area contributed by atoms with Crippen LogP contribution in [0, 0.1) is 17.1 Å². The van der Waals surface area contributed by atoms with Gasteiger partial charge in [-0.05, 0) is 51.1 Å². The van der Waals surface area contributed by atoms with E-state index in [-0.39, 0.29) is 23.8 Å². The fourth-order valence-electron chi connectivity index (χ4n) is 5.45. The molecular formula is C30H30FN9O3. The minimum absolute atomic E-state index is 0.0234. The van der Waals surface area contributed by atoms with Crippen LogP contribution in [0.2, 0.25) is 0 Å². The van der Waals surface area contributed by atoms with Gasteiger partial charge >= 0.3 is 5.97 Å². The topological polar surface area (TPSA) is 139 Å². The van der Waals surface area contributed by atoms with Gasteiger partial charge in [-0.1, -0.05) is 12.1 Å². The molecule has 13 heteroatoms. The molecule has 5 heterocycles. The number of nitriles is 1. The predicted molar refractivity (Wildman–Crippen MR) is 152 cm³/mol. The molecule has 1 N–H and O–H groups in total. The number of hydrogen-bond donors (Lipinski definition) is 1. The number of pyridine rings is 1. The highest BCUT2D eigenvalue weighted by molar-refractivity contribution is 5.86. The standard InChI is InChI=1S/C30H30FN9O3/c1-2-38-19-33-15-23(38)16-39-27(36-40-29(39)13-26(35-40)30(41)42)17-37-10-8-21(9-11-37)25-4-3-5-28(34-25)43-18-22-7-6-20(14-32)12-24(22)31/h3-7,12-13,15,19,21H,2,8-11,16-18H2,1H3,(H,41,42). The monoisotopic (exact) mass is 583 g/mol. The minimum atomic E-state index is -1.09. The minimum Gasteiger partial charge on any atom is -0.476 e. The lowest BCUT2D eigenvalue weighted by atomic mass is 9.93. The van der Waals surface area contributed by atoms with Gasteiger partial charge in [0.05, 0.1) is 36.7 Å². The third-order valence-corrected chi connectivity index (χ3v) is 7.82. The Balaban J connectivity index is 1.12. The van der Waals surface area contributed by atoms with Crippen molar-refractivity contribution >= 4 is 11.6 Å². The van der Waals surface area contributed by atoms with Crippen molar-refractivity contribution in [3.8, 4) is 11.9 Å². The lowest BCUT2D eigenvalue weighted by molar-refractivity contribution is 0.0689. The van der Waals surface area contributed by atoms with Crippen molar-refractivity contribution in [1.82, 2.24) is 38.8 Å². The molecule has 0 spiro atoms. The molecule has 5 aromatic rings. The van der Waals surface area contributed by atoms with E-state index < -0.39 is 11.8 Å². The van der Waals surface area contributed by atoms with E-state index in [9.17, 15) is 14.3 Å². The quantitative estimate of drug-likeness (QED) is 0.260. The van der Waals surface area contributed by atoms with Gasteiger partial charge in [0.25, 0.3) is 0 Å². The average Bonchev–Trinajstić information content (AvgIpc) is 3.73. The Bertz CT molecular complexity index is 1810. The van der Waals surface area contributed by atoms with Crippen LogP contribution in [0.4, 0.5) is 4.39 Å². The van der Waals surface area contributed by atoms with Gasteiger partial charge in [-0.3, -0.25) is 4.90 Å². The molecule has 1 fully saturated rings. The van der Waals surface area contributed by atoms with Crippen molar-refractivity contribution in [1.29, 1.82) is 5.26 Å². The van der Waals surface area contributed by atoms with Crippen LogP contribution < -0.4 is 4.74 Å². The Morgan fingerprint density at radius 1 is 1.16 bits per heavy atom. The van der Waals surface area contributed by atoms with Gasteiger partial charge in [-0.2, -0.15) is 5.26 Å². The average molecular weight is 584 g/mol. The number of benzene rings is 1. The molecule has 0 amide bonds. The maximum absolute atomic E-state index is 14.3. The number of carboxylic acids is 1. The van der Waals surface area contributed by atoms with E-state index in [4.69, 9.17) is 15.0 Å². The Labute approximate surface area is 246 Å². The number of halogens is 1. The summed E-state index contributed by atoms with van der Waals surface area (Å²) >= 11 is 0. The van der Waals surface area contributed by atoms with Crippen LogP contribution in [0.25, 0.3) is 5.65 Å². The van der Waals surface area contributed by atoms with Crippen molar-refractivity contribution in [2.45, 2.75) is 51.9 Å². The highest BCUT2D eigenvalue weighted by atomic mass is 19.1. The number of hydrogen-bond acceptors (Lipinski definition) is 8. The number of aromatic nitrogens is 7. The summed E-state index contributed by atoms with van der Waals surface area (Å²) < 4.78 is 25.5. The number of aromatic carboxylic acids is 1. The Hall–Kier alpha value is -5.09. The van der Waals surface area contributed by atoms with Crippen molar-refractivity contribution in [2.75, 3.05) is 13.1 Å². The Morgan fingerprint density at radius 3 is 2.74 bits per heavy atom. The SMILES string of the molecule is CCn1cncc1Cn1c(CN2CCC(c3cccc(OCc4ccc(C#N)cc4F)n3)CC2)nn2nc(C(=O)O)cc12. The fraction of sp³-hybridized carbons (Fsp3) is 0.333. The van der Waals surface area contributed by atoms with Crippen LogP contribution in [-0.4, -0.2) is 63.0 Å². The molecule has 1 aliphatic heterocycles. The normalized spacial score (nSPS) is 14.3. The predicted octanol–water partition coefficient (Wildman–Crippen LogP) is 3.86. The molecule has 220 valence electrons. The first-order valence-electron chi connectivity index (χ1n) is 14.1. The fourth-order valence-corrected chi connectivity index (χ4v) is 5.45. The van der Waals surface area contributed by atoms with E-state index >= 15 is 0 Å². The van der Waals surface area contributed by atoms with E-state index in [1.54, 1.807) is 30.6 Å². The highest BCUT2D eigenvalue weighted by Gasteiger charge is 2.25. The molecule has 0 bridgehead atoms. The van der Waals surface area contributed by atoms with Gasteiger partial charge < -0.3 is 19.0 Å². The van der Waals surface area contributed by atoms with Crippen LogP contribution >= 0.6 is 0 Å². The molecule has 1 saturated heterocycles. The number of fused-ring (bicyclic) bond motifs is 1. The molecule has 0 atom stereocenters. The van der Waals surface area contributed by atoms with Crippen molar-refractivity contribution < 1.29 is 19.0 Å². The summed E-state index contributed by atoms with van der Waals surface area (Å²) in [5.74, 6) is -0.0921. The lowest BCUT2D eigenvalue weighted by Crippen LogP contribution is -2.33. The van der Waals surface area contributed by atoms with E-state index in [2.05, 4.69) is 20.1 Å². The van der Waals surface area contributed by atoms with Crippen LogP contribution in [0.15, 0.2) is 55.0 Å². The van der Waals surface area contributed by atoms with Crippen molar-refractivity contribution in [3.63, 3.8) is 0 Å². The van der Waals surface area contributed by atoms with Gasteiger partial charge in [0.2, 0.25) is 5.88 Å². The third-order valence-electron chi connectivity index (χ3n) is 7.82. The Morgan fingerprint density at radius 2 is 2.00 bits per heavy atom. The maximum atomic E-state index is 14.3. The van der Waals surface area contributed by atoms with E-state index in [0.29, 0.717) is 30.2 Å². The van der Waals surface area contributed by atoms with E-state index in [1.807, 2.05) is 40.5 Å². The molecule has 6 rings (SSSR count). The molecule has 0 saturated carbocycles. The number of nitrogens with zero attached hydrogens (tertiary/aromatic N) is 9. The molecule has 4 aromatic heterocycles. The molecule has 0 radical (unpaired) electrons. The second-order valence-corrected chi connectivity index (χ2v) is 10.5. The number of likely N-dealkylation sites (tertiary alicyclic amines) is 1. The number of rotatable bonds is 10. The first-order valence-corrected chi connectivity index (χ1v) is 14.1. The van der Waals surface area contributed by atoms with Gasteiger partial charge in [0, 0.05) is 42.0 Å². The summed E-state index contributed by atoms with van der Waals surface area (Å²) in [6.45, 7) is 5.59. The number of aryl methyl sites for hydroxylation is 1.